The monoisotopic (exact) mass is 350 g/mol. The van der Waals surface area contributed by atoms with E-state index < -0.39 is 0 Å². The molecule has 2 aromatic heterocycles. The molecule has 0 bridgehead atoms. The lowest BCUT2D eigenvalue weighted by Crippen LogP contribution is -2.20. The normalized spacial score (nSPS) is 11.1. The van der Waals surface area contributed by atoms with Crippen LogP contribution in [0.1, 0.15) is 11.1 Å². The summed E-state index contributed by atoms with van der Waals surface area (Å²) in [4.78, 5) is 17.3. The molecule has 5 heteroatoms. The summed E-state index contributed by atoms with van der Waals surface area (Å²) in [6.45, 7) is 2.21. The standard InChI is InChI=1S/C20H15FN2OS/c1-13-5-4-7-14(9-13)16-11-25-19-18(16)22-12-23(20(19)24)10-15-6-2-3-8-17(15)21/h2-9,11-12H,10H2,1H3. The second-order valence-electron chi connectivity index (χ2n) is 5.97. The van der Waals surface area contributed by atoms with E-state index in [4.69, 9.17) is 0 Å². The molecule has 0 fully saturated rings. The second kappa shape index (κ2) is 6.26. The predicted octanol–water partition coefficient (Wildman–Crippen LogP) is 4.62. The number of aryl methyl sites for hydroxylation is 1. The Morgan fingerprint density at radius 2 is 2.00 bits per heavy atom. The highest BCUT2D eigenvalue weighted by Crippen LogP contribution is 2.31. The molecule has 0 unspecified atom stereocenters. The fourth-order valence-electron chi connectivity index (χ4n) is 2.88. The van der Waals surface area contributed by atoms with Gasteiger partial charge in [-0.3, -0.25) is 9.36 Å². The zero-order chi connectivity index (χ0) is 17.4. The van der Waals surface area contributed by atoms with Crippen molar-refractivity contribution < 1.29 is 4.39 Å². The molecule has 0 spiro atoms. The van der Waals surface area contributed by atoms with Crippen LogP contribution < -0.4 is 5.56 Å². The molecule has 0 aliphatic carbocycles. The zero-order valence-corrected chi connectivity index (χ0v) is 14.4. The number of hydrogen-bond acceptors (Lipinski definition) is 3. The van der Waals surface area contributed by atoms with Crippen LogP contribution in [0.15, 0.2) is 65.0 Å². The average molecular weight is 350 g/mol. The van der Waals surface area contributed by atoms with Crippen molar-refractivity contribution in [3.8, 4) is 11.1 Å². The minimum atomic E-state index is -0.318. The average Bonchev–Trinajstić information content (AvgIpc) is 3.04. The van der Waals surface area contributed by atoms with Gasteiger partial charge in [0.05, 0.1) is 18.4 Å². The van der Waals surface area contributed by atoms with Crippen molar-refractivity contribution in [3.05, 3.63) is 87.5 Å². The molecule has 0 saturated carbocycles. The van der Waals surface area contributed by atoms with Crippen LogP contribution in [0.25, 0.3) is 21.3 Å². The lowest BCUT2D eigenvalue weighted by molar-refractivity contribution is 0.595. The van der Waals surface area contributed by atoms with Crippen molar-refractivity contribution in [3.63, 3.8) is 0 Å². The largest absolute Gasteiger partial charge is 0.293 e. The smallest absolute Gasteiger partial charge is 0.271 e. The van der Waals surface area contributed by atoms with E-state index in [0.29, 0.717) is 15.8 Å². The van der Waals surface area contributed by atoms with Crippen molar-refractivity contribution >= 4 is 21.6 Å². The van der Waals surface area contributed by atoms with Crippen LogP contribution in [0.2, 0.25) is 0 Å². The lowest BCUT2D eigenvalue weighted by Gasteiger charge is -2.07. The predicted molar refractivity (Wildman–Crippen MR) is 99.6 cm³/mol. The van der Waals surface area contributed by atoms with Crippen molar-refractivity contribution in [2.24, 2.45) is 0 Å². The van der Waals surface area contributed by atoms with Crippen molar-refractivity contribution in [2.75, 3.05) is 0 Å². The number of aromatic nitrogens is 2. The van der Waals surface area contributed by atoms with Gasteiger partial charge in [-0.2, -0.15) is 0 Å². The van der Waals surface area contributed by atoms with Gasteiger partial charge in [-0.1, -0.05) is 48.0 Å². The van der Waals surface area contributed by atoms with E-state index in [9.17, 15) is 9.18 Å². The summed E-state index contributed by atoms with van der Waals surface area (Å²) in [6, 6.07) is 14.6. The van der Waals surface area contributed by atoms with E-state index in [1.165, 1.54) is 28.3 Å². The lowest BCUT2D eigenvalue weighted by atomic mass is 10.1. The molecule has 124 valence electrons. The third-order valence-corrected chi connectivity index (χ3v) is 5.13. The van der Waals surface area contributed by atoms with Crippen molar-refractivity contribution in [1.29, 1.82) is 0 Å². The summed E-state index contributed by atoms with van der Waals surface area (Å²) in [7, 11) is 0. The molecule has 0 radical (unpaired) electrons. The maximum atomic E-state index is 13.9. The Labute approximate surface area is 148 Å². The summed E-state index contributed by atoms with van der Waals surface area (Å²) >= 11 is 1.38. The van der Waals surface area contributed by atoms with Crippen LogP contribution in [-0.2, 0) is 6.54 Å². The third kappa shape index (κ3) is 2.87. The number of fused-ring (bicyclic) bond motifs is 1. The summed E-state index contributed by atoms with van der Waals surface area (Å²) in [5.74, 6) is -0.318. The topological polar surface area (TPSA) is 34.9 Å². The van der Waals surface area contributed by atoms with Gasteiger partial charge in [0.2, 0.25) is 0 Å². The van der Waals surface area contributed by atoms with E-state index in [1.807, 2.05) is 30.5 Å². The highest BCUT2D eigenvalue weighted by molar-refractivity contribution is 7.17. The van der Waals surface area contributed by atoms with Crippen LogP contribution in [0.3, 0.4) is 0 Å². The van der Waals surface area contributed by atoms with Crippen LogP contribution in [0, 0.1) is 12.7 Å². The highest BCUT2D eigenvalue weighted by atomic mass is 32.1. The number of thiophene rings is 1. The first-order valence-electron chi connectivity index (χ1n) is 7.90. The number of nitrogens with zero attached hydrogens (tertiary/aromatic N) is 2. The van der Waals surface area contributed by atoms with Gasteiger partial charge in [0.25, 0.3) is 5.56 Å². The molecule has 2 aromatic carbocycles. The van der Waals surface area contributed by atoms with Gasteiger partial charge in [-0.15, -0.1) is 11.3 Å². The molecule has 0 aliphatic rings. The molecule has 4 rings (SSSR count). The quantitative estimate of drug-likeness (QED) is 0.540. The Balaban J connectivity index is 1.80. The number of rotatable bonds is 3. The Hall–Kier alpha value is -2.79. The van der Waals surface area contributed by atoms with Gasteiger partial charge in [0, 0.05) is 16.5 Å². The fraction of sp³-hybridized carbons (Fsp3) is 0.100. The van der Waals surface area contributed by atoms with Crippen molar-refractivity contribution in [1.82, 2.24) is 9.55 Å². The molecule has 4 aromatic rings. The molecule has 25 heavy (non-hydrogen) atoms. The van der Waals surface area contributed by atoms with Gasteiger partial charge in [-0.25, -0.2) is 9.37 Å². The van der Waals surface area contributed by atoms with E-state index >= 15 is 0 Å². The Kier molecular flexibility index (Phi) is 3.93. The zero-order valence-electron chi connectivity index (χ0n) is 13.6. The summed E-state index contributed by atoms with van der Waals surface area (Å²) in [5.41, 5.74) is 4.19. The molecule has 2 heterocycles. The summed E-state index contributed by atoms with van der Waals surface area (Å²) in [6.07, 6.45) is 1.50. The maximum Gasteiger partial charge on any atom is 0.271 e. The molecule has 0 aliphatic heterocycles. The first kappa shape index (κ1) is 15.7. The van der Waals surface area contributed by atoms with E-state index in [-0.39, 0.29) is 17.9 Å². The molecular formula is C20H15FN2OS. The van der Waals surface area contributed by atoms with Crippen LogP contribution in [-0.4, -0.2) is 9.55 Å². The number of halogens is 1. The highest BCUT2D eigenvalue weighted by Gasteiger charge is 2.13. The van der Waals surface area contributed by atoms with Crippen molar-refractivity contribution in [2.45, 2.75) is 13.5 Å². The minimum absolute atomic E-state index is 0.142. The maximum absolute atomic E-state index is 13.9. The van der Waals surface area contributed by atoms with Gasteiger partial charge in [0.1, 0.15) is 10.5 Å². The summed E-state index contributed by atoms with van der Waals surface area (Å²) in [5, 5.41) is 1.96. The third-order valence-electron chi connectivity index (χ3n) is 4.17. The molecule has 0 saturated heterocycles. The molecule has 0 atom stereocenters. The molecule has 0 amide bonds. The van der Waals surface area contributed by atoms with Crippen LogP contribution >= 0.6 is 11.3 Å². The fourth-order valence-corrected chi connectivity index (χ4v) is 3.86. The SMILES string of the molecule is Cc1cccc(-c2csc3c(=O)n(Cc4ccccc4F)cnc23)c1. The Bertz CT molecular complexity index is 1130. The second-order valence-corrected chi connectivity index (χ2v) is 6.85. The van der Waals surface area contributed by atoms with Gasteiger partial charge < -0.3 is 0 Å². The number of hydrogen-bond donors (Lipinski definition) is 0. The van der Waals surface area contributed by atoms with E-state index in [0.717, 1.165) is 16.7 Å². The summed E-state index contributed by atoms with van der Waals surface area (Å²) < 4.78 is 15.9. The van der Waals surface area contributed by atoms with Gasteiger partial charge in [0.15, 0.2) is 0 Å². The minimum Gasteiger partial charge on any atom is -0.293 e. The number of benzene rings is 2. The molecular weight excluding hydrogens is 335 g/mol. The Morgan fingerprint density at radius 3 is 2.80 bits per heavy atom. The molecule has 3 nitrogen and oxygen atoms in total. The molecule has 0 N–H and O–H groups in total. The van der Waals surface area contributed by atoms with Crippen LogP contribution in [0.4, 0.5) is 4.39 Å². The van der Waals surface area contributed by atoms with E-state index in [1.54, 1.807) is 18.2 Å². The Morgan fingerprint density at radius 1 is 1.16 bits per heavy atom. The van der Waals surface area contributed by atoms with E-state index in [2.05, 4.69) is 11.1 Å². The van der Waals surface area contributed by atoms with Gasteiger partial charge in [-0.05, 0) is 18.6 Å². The van der Waals surface area contributed by atoms with Crippen LogP contribution in [0.5, 0.6) is 0 Å². The first-order valence-corrected chi connectivity index (χ1v) is 8.78. The van der Waals surface area contributed by atoms with Gasteiger partial charge >= 0.3 is 0 Å². The first-order chi connectivity index (χ1) is 12.1.